The molecule has 2 aromatic rings. The van der Waals surface area contributed by atoms with Crippen LogP contribution in [0.25, 0.3) is 0 Å². The first-order chi connectivity index (χ1) is 13.6. The Morgan fingerprint density at radius 3 is 2.25 bits per heavy atom. The summed E-state index contributed by atoms with van der Waals surface area (Å²) in [6.45, 7) is 1.96. The predicted octanol–water partition coefficient (Wildman–Crippen LogP) is 2.63. The minimum Gasteiger partial charge on any atom is -0.497 e. The summed E-state index contributed by atoms with van der Waals surface area (Å²) < 4.78 is 10.2. The van der Waals surface area contributed by atoms with E-state index in [9.17, 15) is 14.4 Å². The molecule has 7 heteroatoms. The van der Waals surface area contributed by atoms with Gasteiger partial charge in [0.05, 0.1) is 13.4 Å². The molecule has 1 aliphatic heterocycles. The topological polar surface area (TPSA) is 80.1 Å². The molecule has 0 aliphatic carbocycles. The highest BCUT2D eigenvalue weighted by Crippen LogP contribution is 2.15. The van der Waals surface area contributed by atoms with Crippen molar-refractivity contribution in [1.82, 2.24) is 9.80 Å². The van der Waals surface area contributed by atoms with Crippen molar-refractivity contribution >= 4 is 17.6 Å². The van der Waals surface area contributed by atoms with E-state index in [0.29, 0.717) is 62.5 Å². The normalized spacial score (nSPS) is 14.0. The Bertz CT molecular complexity index is 806. The van der Waals surface area contributed by atoms with E-state index in [0.717, 1.165) is 0 Å². The molecule has 2 heterocycles. The second kappa shape index (κ2) is 9.21. The zero-order valence-corrected chi connectivity index (χ0v) is 15.9. The van der Waals surface area contributed by atoms with Crippen molar-refractivity contribution in [3.63, 3.8) is 0 Å². The van der Waals surface area contributed by atoms with Gasteiger partial charge in [-0.05, 0) is 42.8 Å². The van der Waals surface area contributed by atoms with Gasteiger partial charge in [-0.2, -0.15) is 0 Å². The largest absolute Gasteiger partial charge is 0.497 e. The Morgan fingerprint density at radius 2 is 1.64 bits per heavy atom. The number of hydrogen-bond acceptors (Lipinski definition) is 5. The molecule has 0 spiro atoms. The van der Waals surface area contributed by atoms with Crippen molar-refractivity contribution in [2.24, 2.45) is 0 Å². The van der Waals surface area contributed by atoms with E-state index < -0.39 is 0 Å². The predicted molar refractivity (Wildman–Crippen MR) is 102 cm³/mol. The van der Waals surface area contributed by atoms with Gasteiger partial charge in [0.25, 0.3) is 5.91 Å². The first kappa shape index (κ1) is 19.7. The number of hydrogen-bond donors (Lipinski definition) is 0. The number of ether oxygens (including phenoxy) is 1. The Labute approximate surface area is 163 Å². The summed E-state index contributed by atoms with van der Waals surface area (Å²) in [6.07, 6.45) is 2.64. The van der Waals surface area contributed by atoms with E-state index in [1.54, 1.807) is 53.3 Å². The van der Waals surface area contributed by atoms with Crippen molar-refractivity contribution < 1.29 is 23.5 Å². The van der Waals surface area contributed by atoms with Gasteiger partial charge in [0, 0.05) is 44.6 Å². The lowest BCUT2D eigenvalue weighted by molar-refractivity contribution is -0.132. The van der Waals surface area contributed by atoms with E-state index in [2.05, 4.69) is 0 Å². The maximum absolute atomic E-state index is 12.4. The summed E-state index contributed by atoms with van der Waals surface area (Å²) >= 11 is 0. The molecular weight excluding hydrogens is 360 g/mol. The van der Waals surface area contributed by atoms with E-state index in [-0.39, 0.29) is 17.6 Å². The molecule has 0 bridgehead atoms. The highest BCUT2D eigenvalue weighted by atomic mass is 16.5. The first-order valence-electron chi connectivity index (χ1n) is 9.36. The van der Waals surface area contributed by atoms with Crippen LogP contribution in [-0.4, -0.2) is 60.7 Å². The number of carbonyl (C=O) groups is 3. The minimum atomic E-state index is -0.151. The average Bonchev–Trinajstić information content (AvgIpc) is 3.28. The van der Waals surface area contributed by atoms with Crippen molar-refractivity contribution in [2.45, 2.75) is 19.3 Å². The Balaban J connectivity index is 1.39. The lowest BCUT2D eigenvalue weighted by atomic mass is 10.0. The lowest BCUT2D eigenvalue weighted by Gasteiger charge is -2.34. The molecule has 148 valence electrons. The van der Waals surface area contributed by atoms with Gasteiger partial charge in [-0.1, -0.05) is 0 Å². The summed E-state index contributed by atoms with van der Waals surface area (Å²) in [5.41, 5.74) is 0.623. The highest BCUT2D eigenvalue weighted by molar-refractivity contribution is 5.96. The molecule has 28 heavy (non-hydrogen) atoms. The summed E-state index contributed by atoms with van der Waals surface area (Å²) in [7, 11) is 1.58. The van der Waals surface area contributed by atoms with Gasteiger partial charge in [-0.3, -0.25) is 14.4 Å². The Hall–Kier alpha value is -3.09. The van der Waals surface area contributed by atoms with Crippen LogP contribution in [-0.2, 0) is 4.79 Å². The third-order valence-electron chi connectivity index (χ3n) is 4.86. The molecule has 1 aromatic carbocycles. The summed E-state index contributed by atoms with van der Waals surface area (Å²) in [6, 6.07) is 10.3. The molecule has 1 saturated heterocycles. The maximum atomic E-state index is 12.4. The monoisotopic (exact) mass is 384 g/mol. The molecule has 0 atom stereocenters. The van der Waals surface area contributed by atoms with Crippen LogP contribution in [0.1, 0.15) is 40.2 Å². The standard InChI is InChI=1S/C21H24N2O5/c1-27-17-9-7-16(8-10-17)18(24)4-2-6-20(25)22-11-13-23(14-12-22)21(26)19-5-3-15-28-19/h3,5,7-10,15H,2,4,6,11-14H2,1H3. The summed E-state index contributed by atoms with van der Waals surface area (Å²) in [4.78, 5) is 40.3. The summed E-state index contributed by atoms with van der Waals surface area (Å²) in [5.74, 6) is 0.910. The van der Waals surface area contributed by atoms with Crippen molar-refractivity contribution in [3.05, 3.63) is 54.0 Å². The molecule has 7 nitrogen and oxygen atoms in total. The molecular formula is C21H24N2O5. The number of carbonyl (C=O) groups excluding carboxylic acids is 3. The van der Waals surface area contributed by atoms with Crippen LogP contribution in [0.4, 0.5) is 0 Å². The molecule has 3 rings (SSSR count). The Morgan fingerprint density at radius 1 is 0.964 bits per heavy atom. The first-order valence-corrected chi connectivity index (χ1v) is 9.36. The maximum Gasteiger partial charge on any atom is 0.289 e. The third-order valence-corrected chi connectivity index (χ3v) is 4.86. The van der Waals surface area contributed by atoms with E-state index in [4.69, 9.17) is 9.15 Å². The Kier molecular flexibility index (Phi) is 6.47. The minimum absolute atomic E-state index is 0.0179. The van der Waals surface area contributed by atoms with Crippen LogP contribution < -0.4 is 4.74 Å². The molecule has 0 radical (unpaired) electrons. The quantitative estimate of drug-likeness (QED) is 0.686. The van der Waals surface area contributed by atoms with E-state index in [1.165, 1.54) is 6.26 Å². The van der Waals surface area contributed by atoms with Crippen LogP contribution in [0.15, 0.2) is 47.1 Å². The number of nitrogens with zero attached hydrogens (tertiary/aromatic N) is 2. The van der Waals surface area contributed by atoms with Crippen molar-refractivity contribution in [3.8, 4) is 5.75 Å². The van der Waals surface area contributed by atoms with Gasteiger partial charge in [0.15, 0.2) is 11.5 Å². The van der Waals surface area contributed by atoms with Gasteiger partial charge in [0.2, 0.25) is 5.91 Å². The number of Topliss-reactive ketones (excluding diaryl/α,β-unsaturated/α-hetero) is 1. The fraction of sp³-hybridized carbons (Fsp3) is 0.381. The number of amides is 2. The van der Waals surface area contributed by atoms with Crippen LogP contribution in [0.3, 0.4) is 0 Å². The average molecular weight is 384 g/mol. The molecule has 0 unspecified atom stereocenters. The van der Waals surface area contributed by atoms with Crippen LogP contribution >= 0.6 is 0 Å². The SMILES string of the molecule is COc1ccc(C(=O)CCCC(=O)N2CCN(C(=O)c3ccco3)CC2)cc1. The fourth-order valence-corrected chi connectivity index (χ4v) is 3.19. The van der Waals surface area contributed by atoms with Gasteiger partial charge >= 0.3 is 0 Å². The molecule has 1 fully saturated rings. The smallest absolute Gasteiger partial charge is 0.289 e. The number of furan rings is 1. The number of benzene rings is 1. The van der Waals surface area contributed by atoms with Crippen LogP contribution in [0.2, 0.25) is 0 Å². The van der Waals surface area contributed by atoms with E-state index >= 15 is 0 Å². The number of piperazine rings is 1. The molecule has 2 amide bonds. The lowest BCUT2D eigenvalue weighted by Crippen LogP contribution is -2.50. The fourth-order valence-electron chi connectivity index (χ4n) is 3.19. The van der Waals surface area contributed by atoms with Crippen molar-refractivity contribution in [2.75, 3.05) is 33.3 Å². The van der Waals surface area contributed by atoms with Crippen molar-refractivity contribution in [1.29, 1.82) is 0 Å². The van der Waals surface area contributed by atoms with Gasteiger partial charge in [-0.25, -0.2) is 0 Å². The number of methoxy groups -OCH3 is 1. The van der Waals surface area contributed by atoms with Crippen LogP contribution in [0, 0.1) is 0 Å². The molecule has 1 aliphatic rings. The zero-order valence-electron chi connectivity index (χ0n) is 15.9. The van der Waals surface area contributed by atoms with Gasteiger partial charge in [0.1, 0.15) is 5.75 Å². The van der Waals surface area contributed by atoms with Gasteiger partial charge < -0.3 is 19.0 Å². The second-order valence-corrected chi connectivity index (χ2v) is 6.66. The zero-order chi connectivity index (χ0) is 19.9. The van der Waals surface area contributed by atoms with E-state index in [1.807, 2.05) is 0 Å². The molecule has 0 N–H and O–H groups in total. The van der Waals surface area contributed by atoms with Crippen LogP contribution in [0.5, 0.6) is 5.75 Å². The highest BCUT2D eigenvalue weighted by Gasteiger charge is 2.25. The number of rotatable bonds is 7. The number of ketones is 1. The second-order valence-electron chi connectivity index (χ2n) is 6.66. The molecule has 0 saturated carbocycles. The summed E-state index contributed by atoms with van der Waals surface area (Å²) in [5, 5.41) is 0. The molecule has 1 aromatic heterocycles. The third kappa shape index (κ3) is 4.79. The van der Waals surface area contributed by atoms with Gasteiger partial charge in [-0.15, -0.1) is 0 Å².